The minimum Gasteiger partial charge on any atom is -0.497 e. The van der Waals surface area contributed by atoms with Crippen LogP contribution in [0.5, 0.6) is 5.75 Å². The lowest BCUT2D eigenvalue weighted by Crippen LogP contribution is -2.34. The lowest BCUT2D eigenvalue weighted by Gasteiger charge is -2.33. The van der Waals surface area contributed by atoms with Crippen LogP contribution in [0.1, 0.15) is 17.5 Å². The number of para-hydroxylation sites is 2. The van der Waals surface area contributed by atoms with Crippen LogP contribution in [0, 0.1) is 29.1 Å². The average molecular weight is 548 g/mol. The zero-order chi connectivity index (χ0) is 27.4. The van der Waals surface area contributed by atoms with E-state index in [1.807, 2.05) is 48.5 Å². The van der Waals surface area contributed by atoms with Crippen molar-refractivity contribution in [3.8, 4) is 5.75 Å². The minimum absolute atomic E-state index is 0.0273. The minimum atomic E-state index is -2.15. The average Bonchev–Trinajstić information content (AvgIpc) is 2.94. The van der Waals surface area contributed by atoms with Crippen molar-refractivity contribution in [2.75, 3.05) is 30.2 Å². The molecule has 2 N–H and O–H groups in total. The van der Waals surface area contributed by atoms with Crippen molar-refractivity contribution < 1.29 is 26.7 Å². The molecule has 0 saturated carbocycles. The Hall–Kier alpha value is -3.50. The molecule has 1 saturated heterocycles. The van der Waals surface area contributed by atoms with E-state index in [2.05, 4.69) is 23.8 Å². The summed E-state index contributed by atoms with van der Waals surface area (Å²) in [6.45, 7) is 8.30. The molecular formula is C28H26F5N3OS. The van der Waals surface area contributed by atoms with Crippen LogP contribution < -0.4 is 15.4 Å². The van der Waals surface area contributed by atoms with Crippen LogP contribution in [0.25, 0.3) is 5.70 Å². The number of benzene rings is 3. The molecule has 1 aliphatic rings. The highest BCUT2D eigenvalue weighted by molar-refractivity contribution is 8.00. The third kappa shape index (κ3) is 5.97. The van der Waals surface area contributed by atoms with E-state index in [0.29, 0.717) is 24.5 Å². The van der Waals surface area contributed by atoms with Crippen LogP contribution in [0.4, 0.5) is 33.3 Å². The second-order valence-electron chi connectivity index (χ2n) is 8.70. The van der Waals surface area contributed by atoms with Gasteiger partial charge in [-0.05, 0) is 48.4 Å². The molecule has 1 heterocycles. The molecule has 200 valence electrons. The van der Waals surface area contributed by atoms with Crippen molar-refractivity contribution in [2.45, 2.75) is 18.2 Å². The van der Waals surface area contributed by atoms with Gasteiger partial charge in [-0.25, -0.2) is 22.0 Å². The van der Waals surface area contributed by atoms with E-state index in [-0.39, 0.29) is 11.8 Å². The van der Waals surface area contributed by atoms with E-state index < -0.39 is 34.6 Å². The number of halogens is 5. The highest BCUT2D eigenvalue weighted by Crippen LogP contribution is 2.33. The molecule has 0 amide bonds. The number of hydrogen-bond donors (Lipinski definition) is 2. The van der Waals surface area contributed by atoms with Crippen LogP contribution in [0.3, 0.4) is 0 Å². The van der Waals surface area contributed by atoms with Gasteiger partial charge >= 0.3 is 0 Å². The number of thioether (sulfide) groups is 1. The van der Waals surface area contributed by atoms with Gasteiger partial charge in [0.15, 0.2) is 23.3 Å². The fourth-order valence-corrected chi connectivity index (χ4v) is 5.18. The number of nitrogens with one attached hydrogen (secondary N) is 2. The summed E-state index contributed by atoms with van der Waals surface area (Å²) < 4.78 is 73.8. The summed E-state index contributed by atoms with van der Waals surface area (Å²) in [6.07, 6.45) is 0.569. The summed E-state index contributed by atoms with van der Waals surface area (Å²) >= 11 is 1.47. The van der Waals surface area contributed by atoms with Crippen molar-refractivity contribution >= 4 is 28.8 Å². The largest absolute Gasteiger partial charge is 0.497 e. The summed E-state index contributed by atoms with van der Waals surface area (Å²) in [5.74, 6) is -8.52. The fourth-order valence-electron chi connectivity index (χ4n) is 4.04. The molecule has 1 unspecified atom stereocenters. The molecule has 4 rings (SSSR count). The highest BCUT2D eigenvalue weighted by Gasteiger charge is 2.29. The first-order valence-corrected chi connectivity index (χ1v) is 12.7. The Bertz CT molecular complexity index is 1310. The zero-order valence-corrected chi connectivity index (χ0v) is 21.4. The first kappa shape index (κ1) is 27.5. The standard InChI is InChI=1S/C28H26F5N3OS/c1-16(18-8-10-19(37-3)11-9-18)34-21-6-4-5-7-22(21)35-17(2)23-12-13-36(15-38-23)14-20-24(29)26(31)28(33)27(32)25(20)30/h4-11,23,34-35H,1-2,12-15H2,3H3. The Morgan fingerprint density at radius 3 is 2.03 bits per heavy atom. The predicted molar refractivity (Wildman–Crippen MR) is 142 cm³/mol. The van der Waals surface area contributed by atoms with E-state index in [1.165, 1.54) is 11.8 Å². The summed E-state index contributed by atoms with van der Waals surface area (Å²) in [5.41, 5.74) is 3.09. The molecule has 10 heteroatoms. The first-order chi connectivity index (χ1) is 18.2. The molecule has 0 aromatic heterocycles. The van der Waals surface area contributed by atoms with E-state index in [1.54, 1.807) is 12.0 Å². The van der Waals surface area contributed by atoms with Gasteiger partial charge in [0.2, 0.25) is 5.82 Å². The van der Waals surface area contributed by atoms with Gasteiger partial charge in [0.05, 0.1) is 18.5 Å². The van der Waals surface area contributed by atoms with E-state index in [4.69, 9.17) is 4.74 Å². The quantitative estimate of drug-likeness (QED) is 0.166. The zero-order valence-electron chi connectivity index (χ0n) is 20.6. The topological polar surface area (TPSA) is 36.5 Å². The Balaban J connectivity index is 1.36. The smallest absolute Gasteiger partial charge is 0.200 e. The van der Waals surface area contributed by atoms with Crippen molar-refractivity contribution in [1.29, 1.82) is 0 Å². The van der Waals surface area contributed by atoms with Gasteiger partial charge in [-0.1, -0.05) is 25.3 Å². The Labute approximate surface area is 222 Å². The Kier molecular flexibility index (Phi) is 8.63. The number of ether oxygens (including phenoxy) is 1. The molecule has 3 aromatic carbocycles. The van der Waals surface area contributed by atoms with Crippen LogP contribution in [-0.4, -0.2) is 29.7 Å². The normalized spacial score (nSPS) is 15.7. The third-order valence-corrected chi connectivity index (χ3v) is 7.62. The molecule has 0 bridgehead atoms. The van der Waals surface area contributed by atoms with Crippen molar-refractivity contribution in [3.05, 3.63) is 108 Å². The lowest BCUT2D eigenvalue weighted by atomic mass is 10.1. The summed E-state index contributed by atoms with van der Waals surface area (Å²) in [5, 5.41) is 6.63. The second kappa shape index (κ2) is 11.9. The van der Waals surface area contributed by atoms with E-state index in [9.17, 15) is 22.0 Å². The monoisotopic (exact) mass is 547 g/mol. The van der Waals surface area contributed by atoms with Crippen molar-refractivity contribution in [2.24, 2.45) is 0 Å². The molecule has 0 aliphatic carbocycles. The van der Waals surface area contributed by atoms with Gasteiger partial charge < -0.3 is 15.4 Å². The predicted octanol–water partition coefficient (Wildman–Crippen LogP) is 7.36. The van der Waals surface area contributed by atoms with Gasteiger partial charge in [-0.2, -0.15) is 0 Å². The SMILES string of the molecule is C=C(Nc1ccccc1NC(=C)C1CCN(Cc2c(F)c(F)c(F)c(F)c2F)CS1)c1ccc(OC)cc1. The molecular weight excluding hydrogens is 521 g/mol. The second-order valence-corrected chi connectivity index (χ2v) is 9.86. The van der Waals surface area contributed by atoms with Gasteiger partial charge in [-0.15, -0.1) is 11.8 Å². The number of anilines is 2. The Morgan fingerprint density at radius 1 is 0.895 bits per heavy atom. The first-order valence-electron chi connectivity index (χ1n) is 11.7. The van der Waals surface area contributed by atoms with Crippen LogP contribution in [-0.2, 0) is 6.54 Å². The number of nitrogens with zero attached hydrogens (tertiary/aromatic N) is 1. The number of hydrogen-bond acceptors (Lipinski definition) is 5. The molecule has 0 radical (unpaired) electrons. The molecule has 1 aliphatic heterocycles. The van der Waals surface area contributed by atoms with Crippen molar-refractivity contribution in [3.63, 3.8) is 0 Å². The maximum absolute atomic E-state index is 14.1. The molecule has 38 heavy (non-hydrogen) atoms. The van der Waals surface area contributed by atoms with E-state index in [0.717, 1.165) is 28.4 Å². The molecule has 3 aromatic rings. The maximum Gasteiger partial charge on any atom is 0.200 e. The van der Waals surface area contributed by atoms with Gasteiger partial charge in [0, 0.05) is 41.2 Å². The van der Waals surface area contributed by atoms with Gasteiger partial charge in [0.1, 0.15) is 5.75 Å². The van der Waals surface area contributed by atoms with Crippen LogP contribution in [0.2, 0.25) is 0 Å². The third-order valence-electron chi connectivity index (χ3n) is 6.18. The highest BCUT2D eigenvalue weighted by atomic mass is 32.2. The maximum atomic E-state index is 14.1. The van der Waals surface area contributed by atoms with Crippen molar-refractivity contribution in [1.82, 2.24) is 4.90 Å². The van der Waals surface area contributed by atoms with Gasteiger partial charge in [0.25, 0.3) is 0 Å². The van der Waals surface area contributed by atoms with Gasteiger partial charge in [-0.3, -0.25) is 4.90 Å². The number of methoxy groups -OCH3 is 1. The van der Waals surface area contributed by atoms with Crippen LogP contribution >= 0.6 is 11.8 Å². The lowest BCUT2D eigenvalue weighted by molar-refractivity contribution is 0.280. The summed E-state index contributed by atoms with van der Waals surface area (Å²) in [4.78, 5) is 1.64. The Morgan fingerprint density at radius 2 is 1.47 bits per heavy atom. The summed E-state index contributed by atoms with van der Waals surface area (Å²) in [7, 11) is 1.60. The molecule has 0 spiro atoms. The molecule has 4 nitrogen and oxygen atoms in total. The van der Waals surface area contributed by atoms with Crippen LogP contribution in [0.15, 0.2) is 67.4 Å². The molecule has 1 atom stereocenters. The number of rotatable bonds is 9. The fraction of sp³-hybridized carbons (Fsp3) is 0.214. The molecule has 1 fully saturated rings. The summed E-state index contributed by atoms with van der Waals surface area (Å²) in [6, 6.07) is 15.1. The van der Waals surface area contributed by atoms with E-state index >= 15 is 0 Å².